The predicted octanol–water partition coefficient (Wildman–Crippen LogP) is 2.64. The second kappa shape index (κ2) is 7.09. The van der Waals surface area contributed by atoms with Crippen LogP contribution in [0.2, 0.25) is 0 Å². The molecule has 4 rings (SSSR count). The van der Waals surface area contributed by atoms with Gasteiger partial charge in [-0.2, -0.15) is 5.10 Å². The van der Waals surface area contributed by atoms with E-state index in [0.29, 0.717) is 24.5 Å². The fourth-order valence-corrected chi connectivity index (χ4v) is 3.93. The van der Waals surface area contributed by atoms with E-state index < -0.39 is 0 Å². The molecule has 0 spiro atoms. The predicted molar refractivity (Wildman–Crippen MR) is 110 cm³/mol. The number of ether oxygens (including phenoxy) is 1. The van der Waals surface area contributed by atoms with Crippen LogP contribution in [0.5, 0.6) is 5.75 Å². The van der Waals surface area contributed by atoms with Crippen molar-refractivity contribution in [1.29, 1.82) is 0 Å². The Bertz CT molecular complexity index is 1130. The molecule has 1 aliphatic heterocycles. The molecule has 8 heteroatoms. The topological polar surface area (TPSA) is 69.4 Å². The summed E-state index contributed by atoms with van der Waals surface area (Å²) in [4.78, 5) is 26.9. The number of likely N-dealkylation sites (tertiary alicyclic amines) is 1. The van der Waals surface area contributed by atoms with Gasteiger partial charge in [-0.15, -0.1) is 0 Å². The lowest BCUT2D eigenvalue weighted by Gasteiger charge is -2.18. The van der Waals surface area contributed by atoms with Crippen LogP contribution < -0.4 is 10.3 Å². The summed E-state index contributed by atoms with van der Waals surface area (Å²) in [7, 11) is 3.52. The van der Waals surface area contributed by atoms with Gasteiger partial charge in [0.15, 0.2) is 0 Å². The number of halogens is 1. The quantitative estimate of drug-likeness (QED) is 0.622. The molecule has 1 aliphatic rings. The van der Waals surface area contributed by atoms with Crippen LogP contribution >= 0.6 is 15.9 Å². The van der Waals surface area contributed by atoms with Crippen molar-refractivity contribution in [3.8, 4) is 5.75 Å². The highest BCUT2D eigenvalue weighted by Gasteiger charge is 2.31. The van der Waals surface area contributed by atoms with Gasteiger partial charge in [-0.3, -0.25) is 14.3 Å². The summed E-state index contributed by atoms with van der Waals surface area (Å²) in [5, 5.41) is 5.29. The first-order valence-corrected chi connectivity index (χ1v) is 9.88. The van der Waals surface area contributed by atoms with Gasteiger partial charge in [-0.25, -0.2) is 0 Å². The molecule has 0 saturated carbocycles. The van der Waals surface area contributed by atoms with E-state index in [9.17, 15) is 9.59 Å². The van der Waals surface area contributed by atoms with Gasteiger partial charge in [-0.1, -0.05) is 15.9 Å². The van der Waals surface area contributed by atoms with Gasteiger partial charge >= 0.3 is 0 Å². The Morgan fingerprint density at radius 2 is 2.04 bits per heavy atom. The Balaban J connectivity index is 1.52. The van der Waals surface area contributed by atoms with E-state index in [2.05, 4.69) is 21.0 Å². The van der Waals surface area contributed by atoms with Gasteiger partial charge in [0, 0.05) is 48.7 Å². The summed E-state index contributed by atoms with van der Waals surface area (Å²) in [6.07, 6.45) is 0.588. The molecular weight excluding hydrogens is 424 g/mol. The van der Waals surface area contributed by atoms with Gasteiger partial charge in [-0.05, 0) is 31.2 Å². The van der Waals surface area contributed by atoms with Crippen LogP contribution in [0, 0.1) is 6.92 Å². The molecular formula is C20H21BrN4O3. The van der Waals surface area contributed by atoms with Crippen LogP contribution in [0.1, 0.15) is 22.6 Å². The van der Waals surface area contributed by atoms with Crippen molar-refractivity contribution in [2.24, 2.45) is 14.1 Å². The molecule has 1 fully saturated rings. The molecule has 146 valence electrons. The van der Waals surface area contributed by atoms with E-state index >= 15 is 0 Å². The van der Waals surface area contributed by atoms with Crippen molar-refractivity contribution in [3.63, 3.8) is 0 Å². The number of rotatable bonds is 3. The molecule has 1 aromatic carbocycles. The van der Waals surface area contributed by atoms with Crippen molar-refractivity contribution in [1.82, 2.24) is 19.2 Å². The number of hydrogen-bond acceptors (Lipinski definition) is 4. The molecule has 0 aliphatic carbocycles. The van der Waals surface area contributed by atoms with E-state index in [0.717, 1.165) is 27.5 Å². The van der Waals surface area contributed by atoms with Crippen LogP contribution in [0.3, 0.4) is 0 Å². The molecule has 1 amide bonds. The number of aryl methyl sites for hydroxylation is 2. The monoisotopic (exact) mass is 444 g/mol. The number of fused-ring (bicyclic) bond motifs is 1. The molecule has 2 aromatic heterocycles. The maximum atomic E-state index is 13.1. The normalized spacial score (nSPS) is 16.7. The fraction of sp³-hybridized carbons (Fsp3) is 0.350. The summed E-state index contributed by atoms with van der Waals surface area (Å²) in [5.41, 5.74) is 2.09. The van der Waals surface area contributed by atoms with Crippen molar-refractivity contribution < 1.29 is 9.53 Å². The lowest BCUT2D eigenvalue weighted by molar-refractivity contribution is 0.0763. The SMILES string of the molecule is Cc1cc(OC2CCN(C(=O)c3c4ccc(Br)cc4nn3C)C2)cc(=O)n1C. The van der Waals surface area contributed by atoms with Gasteiger partial charge in [0.25, 0.3) is 11.5 Å². The van der Waals surface area contributed by atoms with Gasteiger partial charge < -0.3 is 14.2 Å². The third-order valence-corrected chi connectivity index (χ3v) is 5.70. The minimum atomic E-state index is -0.135. The van der Waals surface area contributed by atoms with Crippen LogP contribution in [0.15, 0.2) is 39.6 Å². The molecule has 0 bridgehead atoms. The molecule has 1 unspecified atom stereocenters. The Morgan fingerprint density at radius 3 is 2.79 bits per heavy atom. The lowest BCUT2D eigenvalue weighted by atomic mass is 10.2. The molecule has 1 atom stereocenters. The van der Waals surface area contributed by atoms with E-state index in [1.165, 1.54) is 6.07 Å². The zero-order chi connectivity index (χ0) is 20.0. The largest absolute Gasteiger partial charge is 0.488 e. The number of hydrogen-bond donors (Lipinski definition) is 0. The third kappa shape index (κ3) is 3.32. The summed E-state index contributed by atoms with van der Waals surface area (Å²) in [5.74, 6) is 0.495. The van der Waals surface area contributed by atoms with Crippen LogP contribution in [0.25, 0.3) is 10.9 Å². The number of benzene rings is 1. The fourth-order valence-electron chi connectivity index (χ4n) is 3.58. The van der Waals surface area contributed by atoms with Gasteiger partial charge in [0.05, 0.1) is 12.1 Å². The Hall–Kier alpha value is -2.61. The minimum Gasteiger partial charge on any atom is -0.488 e. The first-order chi connectivity index (χ1) is 13.3. The maximum absolute atomic E-state index is 13.1. The zero-order valence-electron chi connectivity index (χ0n) is 16.0. The van der Waals surface area contributed by atoms with Crippen LogP contribution in [0.4, 0.5) is 0 Å². The molecule has 3 heterocycles. The number of carbonyl (C=O) groups is 1. The minimum absolute atomic E-state index is 0.0569. The highest BCUT2D eigenvalue weighted by atomic mass is 79.9. The molecule has 28 heavy (non-hydrogen) atoms. The molecule has 0 N–H and O–H groups in total. The molecule has 1 saturated heterocycles. The average molecular weight is 445 g/mol. The molecule has 0 radical (unpaired) electrons. The Labute approximate surface area is 170 Å². The Morgan fingerprint density at radius 1 is 1.25 bits per heavy atom. The second-order valence-corrected chi connectivity index (χ2v) is 8.06. The highest BCUT2D eigenvalue weighted by Crippen LogP contribution is 2.25. The molecule has 3 aromatic rings. The second-order valence-electron chi connectivity index (χ2n) is 7.14. The number of aromatic nitrogens is 3. The van der Waals surface area contributed by atoms with Crippen molar-refractivity contribution in [2.75, 3.05) is 13.1 Å². The summed E-state index contributed by atoms with van der Waals surface area (Å²) < 4.78 is 10.1. The van der Waals surface area contributed by atoms with E-state index in [1.54, 1.807) is 28.2 Å². The average Bonchev–Trinajstić information content (AvgIpc) is 3.22. The summed E-state index contributed by atoms with van der Waals surface area (Å²) in [6.45, 7) is 2.96. The van der Waals surface area contributed by atoms with Crippen LogP contribution in [-0.2, 0) is 14.1 Å². The van der Waals surface area contributed by atoms with E-state index in [4.69, 9.17) is 4.74 Å². The number of amides is 1. The van der Waals surface area contributed by atoms with Gasteiger partial charge in [0.2, 0.25) is 0 Å². The smallest absolute Gasteiger partial charge is 0.272 e. The number of nitrogens with zero attached hydrogens (tertiary/aromatic N) is 4. The van der Waals surface area contributed by atoms with Crippen molar-refractivity contribution in [2.45, 2.75) is 19.4 Å². The number of carbonyl (C=O) groups excluding carboxylic acids is 1. The summed E-state index contributed by atoms with van der Waals surface area (Å²) >= 11 is 3.44. The summed E-state index contributed by atoms with van der Waals surface area (Å²) in [6, 6.07) is 9.06. The number of pyridine rings is 1. The van der Waals surface area contributed by atoms with Crippen molar-refractivity contribution >= 4 is 32.7 Å². The Kier molecular flexibility index (Phi) is 4.74. The van der Waals surface area contributed by atoms with Crippen LogP contribution in [-0.4, -0.2) is 44.3 Å². The van der Waals surface area contributed by atoms with Crippen molar-refractivity contribution in [3.05, 3.63) is 56.5 Å². The van der Waals surface area contributed by atoms with E-state index in [1.807, 2.05) is 31.2 Å². The standard InChI is InChI=1S/C20H21BrN4O3/c1-12-8-15(10-18(26)23(12)2)28-14-6-7-25(11-14)20(27)19-16-5-4-13(21)9-17(16)22-24(19)3/h4-5,8-10,14H,6-7,11H2,1-3H3. The van der Waals surface area contributed by atoms with E-state index in [-0.39, 0.29) is 17.6 Å². The zero-order valence-corrected chi connectivity index (χ0v) is 17.6. The first kappa shape index (κ1) is 18.7. The van der Waals surface area contributed by atoms with Gasteiger partial charge in [0.1, 0.15) is 17.5 Å². The highest BCUT2D eigenvalue weighted by molar-refractivity contribution is 9.10. The maximum Gasteiger partial charge on any atom is 0.272 e. The molecule has 7 nitrogen and oxygen atoms in total. The third-order valence-electron chi connectivity index (χ3n) is 5.21. The lowest BCUT2D eigenvalue weighted by Crippen LogP contribution is -2.32. The first-order valence-electron chi connectivity index (χ1n) is 9.09.